The molecule has 3 heterocycles. The van der Waals surface area contributed by atoms with E-state index in [4.69, 9.17) is 14.5 Å². The van der Waals surface area contributed by atoms with Gasteiger partial charge in [-0.1, -0.05) is 0 Å². The molecule has 2 saturated heterocycles. The Morgan fingerprint density at radius 1 is 1.07 bits per heavy atom. The van der Waals surface area contributed by atoms with Gasteiger partial charge in [0.2, 0.25) is 0 Å². The number of hydrogen-bond donors (Lipinski definition) is 0. The molecule has 1 amide bonds. The van der Waals surface area contributed by atoms with Gasteiger partial charge in [0.1, 0.15) is 5.60 Å². The summed E-state index contributed by atoms with van der Waals surface area (Å²) in [4.78, 5) is 23.5. The Morgan fingerprint density at radius 3 is 2.27 bits per heavy atom. The molecule has 0 radical (unpaired) electrons. The SMILES string of the molecule is CC(C)(C)OCC1CN(c2cc(Br)cnc2N2CCN(C(=O)OC(C)(C)C)CC2)C1. The summed E-state index contributed by atoms with van der Waals surface area (Å²) in [7, 11) is 0. The Bertz CT molecular complexity index is 746. The fourth-order valence-corrected chi connectivity index (χ4v) is 3.88. The lowest BCUT2D eigenvalue weighted by molar-refractivity contribution is -0.0264. The Labute approximate surface area is 188 Å². The molecule has 168 valence electrons. The smallest absolute Gasteiger partial charge is 0.410 e. The molecule has 0 aliphatic carbocycles. The van der Waals surface area contributed by atoms with E-state index in [1.54, 1.807) is 4.90 Å². The van der Waals surface area contributed by atoms with Crippen LogP contribution in [0.1, 0.15) is 41.5 Å². The number of ether oxygens (including phenoxy) is 2. The molecule has 0 unspecified atom stereocenters. The highest BCUT2D eigenvalue weighted by molar-refractivity contribution is 9.10. The lowest BCUT2D eigenvalue weighted by Crippen LogP contribution is -2.52. The molecule has 0 N–H and O–H groups in total. The van der Waals surface area contributed by atoms with Gasteiger partial charge in [-0.2, -0.15) is 0 Å². The van der Waals surface area contributed by atoms with Crippen LogP contribution in [0.25, 0.3) is 0 Å². The molecule has 30 heavy (non-hydrogen) atoms. The highest BCUT2D eigenvalue weighted by Gasteiger charge is 2.33. The molecule has 0 aromatic carbocycles. The monoisotopic (exact) mass is 482 g/mol. The molecule has 8 heteroatoms. The van der Waals surface area contributed by atoms with E-state index >= 15 is 0 Å². The van der Waals surface area contributed by atoms with E-state index in [-0.39, 0.29) is 11.7 Å². The minimum atomic E-state index is -0.473. The van der Waals surface area contributed by atoms with Crippen LogP contribution in [0.3, 0.4) is 0 Å². The predicted molar refractivity (Wildman–Crippen MR) is 123 cm³/mol. The molecule has 7 nitrogen and oxygen atoms in total. The summed E-state index contributed by atoms with van der Waals surface area (Å²) < 4.78 is 12.4. The van der Waals surface area contributed by atoms with E-state index < -0.39 is 5.60 Å². The standard InChI is InChI=1S/C22H35BrN4O3/c1-21(2,3)29-15-16-13-27(14-16)18-11-17(23)12-24-19(18)25-7-9-26(10-8-25)20(28)30-22(4,5)6/h11-12,16H,7-10,13-15H2,1-6H3. The molecule has 0 spiro atoms. The van der Waals surface area contributed by atoms with Gasteiger partial charge in [-0.3, -0.25) is 0 Å². The molecular formula is C22H35BrN4O3. The highest BCUT2D eigenvalue weighted by atomic mass is 79.9. The Morgan fingerprint density at radius 2 is 1.70 bits per heavy atom. The first-order valence-corrected chi connectivity index (χ1v) is 11.5. The van der Waals surface area contributed by atoms with Crippen molar-refractivity contribution >= 4 is 33.5 Å². The second-order valence-corrected chi connectivity index (χ2v) is 11.1. The maximum Gasteiger partial charge on any atom is 0.410 e. The molecule has 1 aromatic heterocycles. The first-order valence-electron chi connectivity index (χ1n) is 10.7. The molecule has 0 bridgehead atoms. The number of anilines is 2. The topological polar surface area (TPSA) is 58.1 Å². The van der Waals surface area contributed by atoms with Crippen LogP contribution in [0.2, 0.25) is 0 Å². The molecule has 1 aromatic rings. The Balaban J connectivity index is 1.60. The van der Waals surface area contributed by atoms with Crippen molar-refractivity contribution in [1.29, 1.82) is 0 Å². The number of halogens is 1. The third kappa shape index (κ3) is 6.23. The Hall–Kier alpha value is -1.54. The second-order valence-electron chi connectivity index (χ2n) is 10.1. The third-order valence-corrected chi connectivity index (χ3v) is 5.53. The van der Waals surface area contributed by atoms with Gasteiger partial charge in [0.05, 0.1) is 17.9 Å². The van der Waals surface area contributed by atoms with Gasteiger partial charge in [-0.15, -0.1) is 0 Å². The summed E-state index contributed by atoms with van der Waals surface area (Å²) in [5.41, 5.74) is 0.568. The number of amides is 1. The van der Waals surface area contributed by atoms with Crippen molar-refractivity contribution in [3.05, 3.63) is 16.7 Å². The van der Waals surface area contributed by atoms with Crippen molar-refractivity contribution < 1.29 is 14.3 Å². The lowest BCUT2D eigenvalue weighted by atomic mass is 10.00. The van der Waals surface area contributed by atoms with Crippen molar-refractivity contribution in [3.8, 4) is 0 Å². The average molecular weight is 483 g/mol. The van der Waals surface area contributed by atoms with Gasteiger partial charge in [0, 0.05) is 55.9 Å². The maximum atomic E-state index is 12.3. The van der Waals surface area contributed by atoms with Crippen LogP contribution >= 0.6 is 15.9 Å². The van der Waals surface area contributed by atoms with Crippen molar-refractivity contribution in [3.63, 3.8) is 0 Å². The zero-order chi connectivity index (χ0) is 22.1. The largest absolute Gasteiger partial charge is 0.444 e. The van der Waals surface area contributed by atoms with E-state index in [1.165, 1.54) is 0 Å². The maximum absolute atomic E-state index is 12.3. The van der Waals surface area contributed by atoms with Crippen molar-refractivity contribution in [1.82, 2.24) is 9.88 Å². The van der Waals surface area contributed by atoms with E-state index in [2.05, 4.69) is 52.6 Å². The van der Waals surface area contributed by atoms with Crippen LogP contribution < -0.4 is 9.80 Å². The molecular weight excluding hydrogens is 448 g/mol. The van der Waals surface area contributed by atoms with Gasteiger partial charge < -0.3 is 24.2 Å². The zero-order valence-electron chi connectivity index (χ0n) is 19.1. The van der Waals surface area contributed by atoms with E-state index in [9.17, 15) is 4.79 Å². The van der Waals surface area contributed by atoms with Crippen LogP contribution in [-0.4, -0.2) is 73.1 Å². The number of pyridine rings is 1. The lowest BCUT2D eigenvalue weighted by Gasteiger charge is -2.44. The fourth-order valence-electron chi connectivity index (χ4n) is 3.56. The first-order chi connectivity index (χ1) is 13.9. The number of carbonyl (C=O) groups is 1. The van der Waals surface area contributed by atoms with E-state index in [0.29, 0.717) is 19.0 Å². The normalized spacial score (nSPS) is 18.4. The minimum Gasteiger partial charge on any atom is -0.444 e. The van der Waals surface area contributed by atoms with Crippen LogP contribution in [0.5, 0.6) is 0 Å². The van der Waals surface area contributed by atoms with Crippen LogP contribution in [0.15, 0.2) is 16.7 Å². The summed E-state index contributed by atoms with van der Waals surface area (Å²) in [5.74, 6) is 1.53. The van der Waals surface area contributed by atoms with Gasteiger partial charge in [-0.25, -0.2) is 9.78 Å². The minimum absolute atomic E-state index is 0.100. The number of carbonyl (C=O) groups excluding carboxylic acids is 1. The fraction of sp³-hybridized carbons (Fsp3) is 0.727. The van der Waals surface area contributed by atoms with Crippen LogP contribution in [0.4, 0.5) is 16.3 Å². The number of hydrogen-bond acceptors (Lipinski definition) is 6. The highest BCUT2D eigenvalue weighted by Crippen LogP contribution is 2.35. The number of rotatable bonds is 4. The van der Waals surface area contributed by atoms with E-state index in [1.807, 2.05) is 27.0 Å². The molecule has 0 saturated carbocycles. The molecule has 2 fully saturated rings. The van der Waals surface area contributed by atoms with Gasteiger partial charge in [-0.05, 0) is 63.5 Å². The summed E-state index contributed by atoms with van der Waals surface area (Å²) in [5, 5.41) is 0. The van der Waals surface area contributed by atoms with Crippen molar-refractivity contribution in [2.24, 2.45) is 5.92 Å². The van der Waals surface area contributed by atoms with Crippen molar-refractivity contribution in [2.75, 3.05) is 55.7 Å². The summed E-state index contributed by atoms with van der Waals surface area (Å²) in [6, 6.07) is 2.14. The first kappa shape index (κ1) is 23.1. The van der Waals surface area contributed by atoms with E-state index in [0.717, 1.165) is 48.8 Å². The number of aromatic nitrogens is 1. The summed E-state index contributed by atoms with van der Waals surface area (Å²) >= 11 is 3.57. The van der Waals surface area contributed by atoms with Gasteiger partial charge in [0.25, 0.3) is 0 Å². The second kappa shape index (κ2) is 8.91. The van der Waals surface area contributed by atoms with Gasteiger partial charge in [0.15, 0.2) is 5.82 Å². The molecule has 2 aliphatic heterocycles. The average Bonchev–Trinajstić information content (AvgIpc) is 2.58. The third-order valence-electron chi connectivity index (χ3n) is 5.09. The van der Waals surface area contributed by atoms with Gasteiger partial charge >= 0.3 is 6.09 Å². The van der Waals surface area contributed by atoms with Crippen molar-refractivity contribution in [2.45, 2.75) is 52.7 Å². The molecule has 3 rings (SSSR count). The molecule has 2 aliphatic rings. The Kier molecular flexibility index (Phi) is 6.87. The zero-order valence-corrected chi connectivity index (χ0v) is 20.7. The predicted octanol–water partition coefficient (Wildman–Crippen LogP) is 4.15. The number of piperazine rings is 1. The quantitative estimate of drug-likeness (QED) is 0.642. The summed E-state index contributed by atoms with van der Waals surface area (Å²) in [6.45, 7) is 17.4. The van der Waals surface area contributed by atoms with Crippen LogP contribution in [0, 0.1) is 5.92 Å². The van der Waals surface area contributed by atoms with Crippen LogP contribution in [-0.2, 0) is 9.47 Å². The molecule has 0 atom stereocenters. The number of nitrogens with zero attached hydrogens (tertiary/aromatic N) is 4. The summed E-state index contributed by atoms with van der Waals surface area (Å²) in [6.07, 6.45) is 1.61.